The van der Waals surface area contributed by atoms with Gasteiger partial charge in [0.1, 0.15) is 5.75 Å². The van der Waals surface area contributed by atoms with Crippen molar-refractivity contribution in [1.29, 1.82) is 5.26 Å². The molecule has 0 aromatic heterocycles. The van der Waals surface area contributed by atoms with Crippen LogP contribution < -0.4 is 4.74 Å². The predicted octanol–water partition coefficient (Wildman–Crippen LogP) is 1.40. The quantitative estimate of drug-likeness (QED) is 0.532. The molecular weight excluding hydrogens is 180 g/mol. The zero-order chi connectivity index (χ0) is 10.4. The zero-order valence-corrected chi connectivity index (χ0v) is 7.65. The van der Waals surface area contributed by atoms with Gasteiger partial charge in [-0.1, -0.05) is 0 Å². The Morgan fingerprint density at radius 3 is 2.86 bits per heavy atom. The predicted molar refractivity (Wildman–Crippen MR) is 49.5 cm³/mol. The Morgan fingerprint density at radius 1 is 1.50 bits per heavy atom. The van der Waals surface area contributed by atoms with Crippen LogP contribution in [0.3, 0.4) is 0 Å². The Balaban J connectivity index is 3.05. The van der Waals surface area contributed by atoms with Crippen LogP contribution in [-0.2, 0) is 11.3 Å². The summed E-state index contributed by atoms with van der Waals surface area (Å²) in [5, 5.41) is 8.69. The summed E-state index contributed by atoms with van der Waals surface area (Å²) >= 11 is 0. The largest absolute Gasteiger partial charge is 0.497 e. The highest BCUT2D eigenvalue weighted by molar-refractivity contribution is 5.41. The number of rotatable bonds is 3. The molecule has 0 saturated heterocycles. The molecule has 0 unspecified atom stereocenters. The molecule has 0 aliphatic carbocycles. The third kappa shape index (κ3) is 2.44. The second-order valence-electron chi connectivity index (χ2n) is 2.59. The molecule has 0 bridgehead atoms. The molecule has 0 amide bonds. The van der Waals surface area contributed by atoms with E-state index in [1.54, 1.807) is 18.2 Å². The molecule has 0 heterocycles. The van der Waals surface area contributed by atoms with Gasteiger partial charge in [-0.05, 0) is 23.8 Å². The second-order valence-corrected chi connectivity index (χ2v) is 2.59. The van der Waals surface area contributed by atoms with Gasteiger partial charge in [0, 0.05) is 0 Å². The van der Waals surface area contributed by atoms with Crippen molar-refractivity contribution < 1.29 is 9.53 Å². The molecule has 0 aliphatic rings. The zero-order valence-electron chi connectivity index (χ0n) is 7.65. The van der Waals surface area contributed by atoms with Gasteiger partial charge < -0.3 is 4.74 Å². The average Bonchev–Trinajstić information content (AvgIpc) is 2.25. The summed E-state index contributed by atoms with van der Waals surface area (Å²) in [7, 11) is 1.52. The topological polar surface area (TPSA) is 62.4 Å². The number of methoxy groups -OCH3 is 1. The molecular formula is C10H8N2O2. The van der Waals surface area contributed by atoms with E-state index in [0.29, 0.717) is 11.3 Å². The van der Waals surface area contributed by atoms with Gasteiger partial charge in [-0.25, -0.2) is 9.79 Å². The van der Waals surface area contributed by atoms with Crippen LogP contribution in [0.1, 0.15) is 11.1 Å². The van der Waals surface area contributed by atoms with Crippen molar-refractivity contribution in [3.05, 3.63) is 29.3 Å². The van der Waals surface area contributed by atoms with Gasteiger partial charge >= 0.3 is 0 Å². The number of hydrogen-bond acceptors (Lipinski definition) is 4. The van der Waals surface area contributed by atoms with E-state index >= 15 is 0 Å². The van der Waals surface area contributed by atoms with Gasteiger partial charge in [-0.3, -0.25) is 0 Å². The van der Waals surface area contributed by atoms with Crippen molar-refractivity contribution in [2.75, 3.05) is 7.11 Å². The minimum Gasteiger partial charge on any atom is -0.497 e. The summed E-state index contributed by atoms with van der Waals surface area (Å²) < 4.78 is 4.99. The smallest absolute Gasteiger partial charge is 0.235 e. The molecule has 0 aliphatic heterocycles. The van der Waals surface area contributed by atoms with Gasteiger partial charge in [-0.2, -0.15) is 5.26 Å². The van der Waals surface area contributed by atoms with Crippen LogP contribution in [0.25, 0.3) is 0 Å². The first-order chi connectivity index (χ1) is 6.80. The van der Waals surface area contributed by atoms with Crippen molar-refractivity contribution in [1.82, 2.24) is 0 Å². The molecule has 14 heavy (non-hydrogen) atoms. The van der Waals surface area contributed by atoms with Crippen molar-refractivity contribution in [3.63, 3.8) is 0 Å². The monoisotopic (exact) mass is 188 g/mol. The molecule has 0 atom stereocenters. The fourth-order valence-electron chi connectivity index (χ4n) is 1.06. The van der Waals surface area contributed by atoms with Crippen LogP contribution >= 0.6 is 0 Å². The fourth-order valence-corrected chi connectivity index (χ4v) is 1.06. The second kappa shape index (κ2) is 4.80. The molecule has 1 aromatic rings. The van der Waals surface area contributed by atoms with E-state index < -0.39 is 0 Å². The van der Waals surface area contributed by atoms with Crippen molar-refractivity contribution >= 4 is 6.08 Å². The lowest BCUT2D eigenvalue weighted by Gasteiger charge is -2.02. The van der Waals surface area contributed by atoms with E-state index in [4.69, 9.17) is 10.00 Å². The van der Waals surface area contributed by atoms with Crippen LogP contribution in [0.5, 0.6) is 5.75 Å². The number of aliphatic imine (C=N–C) groups is 1. The number of nitrogens with zero attached hydrogens (tertiary/aromatic N) is 2. The minimum atomic E-state index is 0.218. The lowest BCUT2D eigenvalue weighted by molar-refractivity contribution is 0.414. The number of carbonyl (C=O) groups excluding carboxylic acids is 1. The summed E-state index contributed by atoms with van der Waals surface area (Å²) in [6.07, 6.45) is 1.44. The molecule has 0 N–H and O–H groups in total. The van der Waals surface area contributed by atoms with Crippen molar-refractivity contribution in [2.24, 2.45) is 4.99 Å². The maximum Gasteiger partial charge on any atom is 0.235 e. The Kier molecular flexibility index (Phi) is 3.42. The SMILES string of the molecule is COc1cc(C#N)cc(CN=C=O)c1. The maximum absolute atomic E-state index is 9.90. The minimum absolute atomic E-state index is 0.218. The molecule has 0 radical (unpaired) electrons. The van der Waals surface area contributed by atoms with E-state index in [2.05, 4.69) is 4.99 Å². The van der Waals surface area contributed by atoms with Crippen LogP contribution in [0.4, 0.5) is 0 Å². The van der Waals surface area contributed by atoms with E-state index in [0.717, 1.165) is 5.56 Å². The number of nitriles is 1. The first-order valence-electron chi connectivity index (χ1n) is 3.92. The first-order valence-corrected chi connectivity index (χ1v) is 3.92. The lowest BCUT2D eigenvalue weighted by atomic mass is 10.1. The highest BCUT2D eigenvalue weighted by atomic mass is 16.5. The fraction of sp³-hybridized carbons (Fsp3) is 0.200. The number of ether oxygens (including phenoxy) is 1. The summed E-state index contributed by atoms with van der Waals surface area (Å²) in [4.78, 5) is 13.3. The van der Waals surface area contributed by atoms with E-state index in [-0.39, 0.29) is 6.54 Å². The number of hydrogen-bond donors (Lipinski definition) is 0. The van der Waals surface area contributed by atoms with Gasteiger partial charge in [-0.15, -0.1) is 0 Å². The third-order valence-electron chi connectivity index (χ3n) is 1.66. The van der Waals surface area contributed by atoms with Gasteiger partial charge in [0.25, 0.3) is 0 Å². The third-order valence-corrected chi connectivity index (χ3v) is 1.66. The Bertz CT molecular complexity index is 415. The lowest BCUT2D eigenvalue weighted by Crippen LogP contribution is -1.88. The van der Waals surface area contributed by atoms with Crippen LogP contribution in [-0.4, -0.2) is 13.2 Å². The van der Waals surface area contributed by atoms with Crippen molar-refractivity contribution in [2.45, 2.75) is 6.54 Å². The Morgan fingerprint density at radius 2 is 2.29 bits per heavy atom. The highest BCUT2D eigenvalue weighted by Crippen LogP contribution is 2.16. The first kappa shape index (κ1) is 9.97. The summed E-state index contributed by atoms with van der Waals surface area (Å²) in [5.74, 6) is 0.583. The summed E-state index contributed by atoms with van der Waals surface area (Å²) in [5.41, 5.74) is 1.24. The molecule has 1 aromatic carbocycles. The van der Waals surface area contributed by atoms with Crippen LogP contribution in [0.15, 0.2) is 23.2 Å². The van der Waals surface area contributed by atoms with E-state index in [1.807, 2.05) is 6.07 Å². The molecule has 4 heteroatoms. The molecule has 0 fully saturated rings. The normalized spacial score (nSPS) is 8.57. The Hall–Kier alpha value is -2.11. The highest BCUT2D eigenvalue weighted by Gasteiger charge is 1.99. The Labute approximate surface area is 81.5 Å². The van der Waals surface area contributed by atoms with Crippen LogP contribution in [0, 0.1) is 11.3 Å². The summed E-state index contributed by atoms with van der Waals surface area (Å²) in [6.45, 7) is 0.218. The number of isocyanates is 1. The van der Waals surface area contributed by atoms with E-state index in [1.165, 1.54) is 13.2 Å². The van der Waals surface area contributed by atoms with Crippen LogP contribution in [0.2, 0.25) is 0 Å². The number of benzene rings is 1. The van der Waals surface area contributed by atoms with Gasteiger partial charge in [0.15, 0.2) is 0 Å². The maximum atomic E-state index is 9.90. The summed E-state index contributed by atoms with van der Waals surface area (Å²) in [6, 6.07) is 7.00. The van der Waals surface area contributed by atoms with E-state index in [9.17, 15) is 4.79 Å². The standard InChI is InChI=1S/C10H8N2O2/c1-14-10-3-8(5-11)2-9(4-10)6-12-7-13/h2-4H,6H2,1H3. The average molecular weight is 188 g/mol. The molecule has 4 nitrogen and oxygen atoms in total. The molecule has 0 spiro atoms. The molecule has 1 rings (SSSR count). The molecule has 70 valence electrons. The van der Waals surface area contributed by atoms with Gasteiger partial charge in [0.05, 0.1) is 25.3 Å². The molecule has 0 saturated carbocycles. The van der Waals surface area contributed by atoms with Gasteiger partial charge in [0.2, 0.25) is 6.08 Å². The van der Waals surface area contributed by atoms with Crippen molar-refractivity contribution in [3.8, 4) is 11.8 Å².